The van der Waals surface area contributed by atoms with Gasteiger partial charge in [0.25, 0.3) is 0 Å². The summed E-state index contributed by atoms with van der Waals surface area (Å²) in [5, 5.41) is 3.16. The van der Waals surface area contributed by atoms with Crippen molar-refractivity contribution in [2.75, 3.05) is 53.0 Å². The Bertz CT molecular complexity index is 412. The van der Waals surface area contributed by atoms with Gasteiger partial charge < -0.3 is 19.5 Å². The molecule has 0 amide bonds. The van der Waals surface area contributed by atoms with Crippen molar-refractivity contribution in [3.63, 3.8) is 0 Å². The molecule has 0 radical (unpaired) electrons. The lowest BCUT2D eigenvalue weighted by atomic mass is 10.2. The molecule has 1 heterocycles. The summed E-state index contributed by atoms with van der Waals surface area (Å²) in [5.41, 5.74) is 0. The highest BCUT2D eigenvalue weighted by Crippen LogP contribution is 2.26. The van der Waals surface area contributed by atoms with E-state index in [0.29, 0.717) is 13.2 Å². The van der Waals surface area contributed by atoms with E-state index in [1.807, 2.05) is 38.2 Å². The van der Waals surface area contributed by atoms with Gasteiger partial charge >= 0.3 is 0 Å². The van der Waals surface area contributed by atoms with Crippen LogP contribution in [0.5, 0.6) is 11.5 Å². The van der Waals surface area contributed by atoms with Crippen LogP contribution in [-0.2, 0) is 4.74 Å². The molecule has 0 bridgehead atoms. The summed E-state index contributed by atoms with van der Waals surface area (Å²) in [7, 11) is 1.95. The summed E-state index contributed by atoms with van der Waals surface area (Å²) in [5.74, 6) is 1.63. The molecule has 0 spiro atoms. The number of ether oxygens (including phenoxy) is 3. The van der Waals surface area contributed by atoms with Gasteiger partial charge in [0.15, 0.2) is 11.5 Å². The van der Waals surface area contributed by atoms with Crippen molar-refractivity contribution in [1.29, 1.82) is 0 Å². The van der Waals surface area contributed by atoms with E-state index in [0.717, 1.165) is 44.3 Å². The average molecular weight is 294 g/mol. The molecule has 1 fully saturated rings. The quantitative estimate of drug-likeness (QED) is 0.785. The van der Waals surface area contributed by atoms with Crippen LogP contribution in [0.2, 0.25) is 0 Å². The van der Waals surface area contributed by atoms with Gasteiger partial charge in [-0.1, -0.05) is 12.1 Å². The first-order valence-corrected chi connectivity index (χ1v) is 7.66. The molecule has 5 nitrogen and oxygen atoms in total. The van der Waals surface area contributed by atoms with Gasteiger partial charge in [0, 0.05) is 26.2 Å². The van der Waals surface area contributed by atoms with E-state index in [2.05, 4.69) is 10.2 Å². The topological polar surface area (TPSA) is 43.0 Å². The van der Waals surface area contributed by atoms with Crippen molar-refractivity contribution in [2.24, 2.45) is 0 Å². The molecular formula is C16H26N2O3. The fraction of sp³-hybridized carbons (Fsp3) is 0.625. The van der Waals surface area contributed by atoms with Gasteiger partial charge in [-0.15, -0.1) is 0 Å². The van der Waals surface area contributed by atoms with E-state index >= 15 is 0 Å². The van der Waals surface area contributed by atoms with Crippen LogP contribution in [0.3, 0.4) is 0 Å². The van der Waals surface area contributed by atoms with E-state index in [1.54, 1.807) is 0 Å². The molecule has 1 aromatic carbocycles. The zero-order valence-electron chi connectivity index (χ0n) is 13.0. The number of hydrogen-bond donors (Lipinski definition) is 1. The normalized spacial score (nSPS) is 19.4. The zero-order chi connectivity index (χ0) is 14.9. The van der Waals surface area contributed by atoms with E-state index in [-0.39, 0.29) is 6.10 Å². The summed E-state index contributed by atoms with van der Waals surface area (Å²) in [6.07, 6.45) is 0.277. The first-order valence-electron chi connectivity index (χ1n) is 7.66. The van der Waals surface area contributed by atoms with Crippen LogP contribution >= 0.6 is 0 Å². The second-order valence-corrected chi connectivity index (χ2v) is 5.08. The minimum Gasteiger partial charge on any atom is -0.490 e. The predicted octanol–water partition coefficient (Wildman–Crippen LogP) is 1.38. The van der Waals surface area contributed by atoms with Crippen molar-refractivity contribution < 1.29 is 14.2 Å². The van der Waals surface area contributed by atoms with Crippen LogP contribution in [0, 0.1) is 0 Å². The number of morpholine rings is 1. The molecule has 1 unspecified atom stereocenters. The summed E-state index contributed by atoms with van der Waals surface area (Å²) >= 11 is 0. The SMILES string of the molecule is CCOc1ccccc1OCCN1CCOC(CNC)C1. The third kappa shape index (κ3) is 5.19. The van der Waals surface area contributed by atoms with Crippen LogP contribution in [0.1, 0.15) is 6.92 Å². The van der Waals surface area contributed by atoms with Crippen LogP contribution in [0.15, 0.2) is 24.3 Å². The number of likely N-dealkylation sites (N-methyl/N-ethyl adjacent to an activating group) is 1. The van der Waals surface area contributed by atoms with E-state index in [1.165, 1.54) is 0 Å². The maximum atomic E-state index is 5.86. The molecule has 1 N–H and O–H groups in total. The van der Waals surface area contributed by atoms with Crippen LogP contribution in [0.4, 0.5) is 0 Å². The van der Waals surface area contributed by atoms with Crippen LogP contribution < -0.4 is 14.8 Å². The molecule has 0 aliphatic carbocycles. The first kappa shape index (κ1) is 16.1. The highest BCUT2D eigenvalue weighted by atomic mass is 16.5. The summed E-state index contributed by atoms with van der Waals surface area (Å²) in [6, 6.07) is 7.82. The minimum absolute atomic E-state index is 0.277. The van der Waals surface area contributed by atoms with Gasteiger partial charge in [-0.25, -0.2) is 0 Å². The minimum atomic E-state index is 0.277. The number of hydrogen-bond acceptors (Lipinski definition) is 5. The first-order chi connectivity index (χ1) is 10.3. The number of para-hydroxylation sites is 2. The lowest BCUT2D eigenvalue weighted by Crippen LogP contribution is -2.47. The highest BCUT2D eigenvalue weighted by Gasteiger charge is 2.19. The number of benzene rings is 1. The van der Waals surface area contributed by atoms with Crippen LogP contribution in [0.25, 0.3) is 0 Å². The monoisotopic (exact) mass is 294 g/mol. The average Bonchev–Trinajstić information content (AvgIpc) is 2.50. The molecule has 0 saturated carbocycles. The van der Waals surface area contributed by atoms with Crippen molar-refractivity contribution in [1.82, 2.24) is 10.2 Å². The predicted molar refractivity (Wildman–Crippen MR) is 83.2 cm³/mol. The van der Waals surface area contributed by atoms with E-state index in [9.17, 15) is 0 Å². The molecule has 5 heteroatoms. The van der Waals surface area contributed by atoms with E-state index in [4.69, 9.17) is 14.2 Å². The molecule has 118 valence electrons. The van der Waals surface area contributed by atoms with Gasteiger partial charge in [-0.3, -0.25) is 4.90 Å². The lowest BCUT2D eigenvalue weighted by Gasteiger charge is -2.32. The molecule has 1 atom stereocenters. The summed E-state index contributed by atoms with van der Waals surface area (Å²) in [4.78, 5) is 2.38. The Balaban J connectivity index is 1.76. The van der Waals surface area contributed by atoms with Gasteiger partial charge in [-0.2, -0.15) is 0 Å². The van der Waals surface area contributed by atoms with Gasteiger partial charge in [0.05, 0.1) is 19.3 Å². The Hall–Kier alpha value is -1.30. The molecule has 1 aliphatic heterocycles. The summed E-state index contributed by atoms with van der Waals surface area (Å²) < 4.78 is 17.1. The molecule has 1 aliphatic rings. The third-order valence-corrected chi connectivity index (χ3v) is 3.47. The van der Waals surface area contributed by atoms with Gasteiger partial charge in [0.2, 0.25) is 0 Å². The van der Waals surface area contributed by atoms with Crippen molar-refractivity contribution in [2.45, 2.75) is 13.0 Å². The fourth-order valence-corrected chi connectivity index (χ4v) is 2.46. The Labute approximate surface area is 127 Å². The Morgan fingerprint density at radius 3 is 2.76 bits per heavy atom. The Morgan fingerprint density at radius 1 is 1.29 bits per heavy atom. The molecule has 0 aromatic heterocycles. The van der Waals surface area contributed by atoms with Gasteiger partial charge in [-0.05, 0) is 26.1 Å². The highest BCUT2D eigenvalue weighted by molar-refractivity contribution is 5.39. The molecule has 1 aromatic rings. The molecule has 21 heavy (non-hydrogen) atoms. The molecule has 2 rings (SSSR count). The lowest BCUT2D eigenvalue weighted by molar-refractivity contribution is -0.0292. The maximum Gasteiger partial charge on any atom is 0.161 e. The fourth-order valence-electron chi connectivity index (χ4n) is 2.46. The third-order valence-electron chi connectivity index (χ3n) is 3.47. The van der Waals surface area contributed by atoms with Crippen molar-refractivity contribution in [3.8, 4) is 11.5 Å². The largest absolute Gasteiger partial charge is 0.490 e. The van der Waals surface area contributed by atoms with Gasteiger partial charge in [0.1, 0.15) is 6.61 Å². The molecule has 1 saturated heterocycles. The van der Waals surface area contributed by atoms with Crippen molar-refractivity contribution in [3.05, 3.63) is 24.3 Å². The number of rotatable bonds is 8. The van der Waals surface area contributed by atoms with Crippen LogP contribution in [-0.4, -0.2) is 64.1 Å². The summed E-state index contributed by atoms with van der Waals surface area (Å²) in [6.45, 7) is 7.81. The Morgan fingerprint density at radius 2 is 2.05 bits per heavy atom. The van der Waals surface area contributed by atoms with Crippen molar-refractivity contribution >= 4 is 0 Å². The standard InChI is InChI=1S/C16H26N2O3/c1-3-19-15-6-4-5-7-16(15)21-11-9-18-8-10-20-14(13-18)12-17-2/h4-7,14,17H,3,8-13H2,1-2H3. The molecular weight excluding hydrogens is 268 g/mol. The second kappa shape index (κ2) is 8.87. The maximum absolute atomic E-state index is 5.86. The van der Waals surface area contributed by atoms with E-state index < -0.39 is 0 Å². The zero-order valence-corrected chi connectivity index (χ0v) is 13.0. The number of nitrogens with one attached hydrogen (secondary N) is 1. The smallest absolute Gasteiger partial charge is 0.161 e. The Kier molecular flexibility index (Phi) is 6.79. The second-order valence-electron chi connectivity index (χ2n) is 5.08. The number of nitrogens with zero attached hydrogens (tertiary/aromatic N) is 1.